The van der Waals surface area contributed by atoms with Crippen LogP contribution < -0.4 is 11.5 Å². The maximum absolute atomic E-state index is 12.6. The number of carbonyl (C=O) groups excluding carboxylic acids is 1. The number of hydrogen-bond acceptors (Lipinski definition) is 5. The molecule has 10 heteroatoms. The number of nitrogen functional groups attached to an aromatic ring is 1. The molecule has 0 aromatic carbocycles. The molecule has 20 heavy (non-hydrogen) atoms. The Hall–Kier alpha value is -1.97. The van der Waals surface area contributed by atoms with Gasteiger partial charge >= 0.3 is 12.3 Å². The Bertz CT molecular complexity index is 487. The Kier molecular flexibility index (Phi) is 4.82. The van der Waals surface area contributed by atoms with E-state index in [1.807, 2.05) is 0 Å². The Morgan fingerprint density at radius 2 is 2.00 bits per heavy atom. The number of nitrogens with two attached hydrogens (primary N) is 2. The molecule has 0 saturated carbocycles. The molecule has 0 radical (unpaired) electrons. The lowest BCUT2D eigenvalue weighted by Gasteiger charge is -2.15. The fraction of sp³-hybridized carbons (Fsp3) is 0.500. The predicted molar refractivity (Wildman–Crippen MR) is 60.3 cm³/mol. The summed E-state index contributed by atoms with van der Waals surface area (Å²) >= 11 is 0. The summed E-state index contributed by atoms with van der Waals surface area (Å²) in [5.74, 6) is -5.44. The maximum atomic E-state index is 12.6. The normalized spacial score (nSPS) is 11.9. The van der Waals surface area contributed by atoms with Crippen molar-refractivity contribution in [3.63, 3.8) is 0 Å². The van der Waals surface area contributed by atoms with Gasteiger partial charge in [-0.25, -0.2) is 18.7 Å². The summed E-state index contributed by atoms with van der Waals surface area (Å²) < 4.78 is 53.3. The van der Waals surface area contributed by atoms with Crippen LogP contribution in [0.3, 0.4) is 0 Å². The molecule has 0 unspecified atom stereocenters. The number of aryl methyl sites for hydroxylation is 1. The minimum Gasteiger partial charge on any atom is -0.383 e. The summed E-state index contributed by atoms with van der Waals surface area (Å²) in [6, 6.07) is 0. The summed E-state index contributed by atoms with van der Waals surface area (Å²) in [6.07, 6.45) is -3.83. The van der Waals surface area contributed by atoms with Gasteiger partial charge in [0.1, 0.15) is 24.6 Å². The number of carbonyl (C=O) groups is 1. The summed E-state index contributed by atoms with van der Waals surface area (Å²) in [5.41, 5.74) is 10.5. The zero-order valence-electron chi connectivity index (χ0n) is 10.4. The Labute approximate surface area is 111 Å². The fourth-order valence-electron chi connectivity index (χ4n) is 1.37. The SMILES string of the molecule is Cc1nc(COCC(F)(F)C(F)F)nc(N)c1C(N)=O. The number of primary amides is 1. The molecule has 1 aromatic rings. The van der Waals surface area contributed by atoms with E-state index < -0.39 is 31.5 Å². The molecule has 1 aromatic heterocycles. The molecule has 0 saturated heterocycles. The van der Waals surface area contributed by atoms with E-state index in [-0.39, 0.29) is 22.9 Å². The van der Waals surface area contributed by atoms with Gasteiger partial charge in [-0.1, -0.05) is 0 Å². The van der Waals surface area contributed by atoms with Crippen molar-refractivity contribution in [3.05, 3.63) is 17.1 Å². The van der Waals surface area contributed by atoms with Crippen molar-refractivity contribution in [1.29, 1.82) is 0 Å². The van der Waals surface area contributed by atoms with E-state index in [9.17, 15) is 22.4 Å². The number of anilines is 1. The van der Waals surface area contributed by atoms with Crippen LogP contribution in [0.1, 0.15) is 21.9 Å². The first-order valence-electron chi connectivity index (χ1n) is 5.31. The number of aromatic nitrogens is 2. The van der Waals surface area contributed by atoms with Gasteiger partial charge in [0, 0.05) is 0 Å². The number of halogens is 4. The highest BCUT2D eigenvalue weighted by Gasteiger charge is 2.41. The first kappa shape index (κ1) is 16.1. The van der Waals surface area contributed by atoms with Gasteiger partial charge in [0.05, 0.1) is 5.69 Å². The van der Waals surface area contributed by atoms with Crippen LogP contribution in [0.5, 0.6) is 0 Å². The smallest absolute Gasteiger partial charge is 0.330 e. The van der Waals surface area contributed by atoms with Crippen molar-refractivity contribution < 1.29 is 27.1 Å². The standard InChI is InChI=1S/C10H12F4N4O2/c1-4-6(8(16)19)7(15)18-5(17-4)2-20-3-10(13,14)9(11)12/h9H,2-3H2,1H3,(H2,16,19)(H2,15,17,18). The van der Waals surface area contributed by atoms with Crippen molar-refractivity contribution >= 4 is 11.7 Å². The Morgan fingerprint density at radius 3 is 2.45 bits per heavy atom. The second-order valence-electron chi connectivity index (χ2n) is 3.90. The van der Waals surface area contributed by atoms with Gasteiger partial charge in [-0.2, -0.15) is 8.78 Å². The minimum atomic E-state index is -4.26. The zero-order chi connectivity index (χ0) is 15.5. The van der Waals surface area contributed by atoms with Crippen LogP contribution in [-0.4, -0.2) is 34.8 Å². The number of ether oxygens (including phenoxy) is 1. The van der Waals surface area contributed by atoms with Crippen molar-refractivity contribution in [2.75, 3.05) is 12.3 Å². The van der Waals surface area contributed by atoms with Crippen molar-refractivity contribution in [2.24, 2.45) is 5.73 Å². The van der Waals surface area contributed by atoms with Gasteiger partial charge < -0.3 is 16.2 Å². The van der Waals surface area contributed by atoms with E-state index in [2.05, 4.69) is 14.7 Å². The van der Waals surface area contributed by atoms with Gasteiger partial charge in [0.15, 0.2) is 5.82 Å². The highest BCUT2D eigenvalue weighted by Crippen LogP contribution is 2.23. The van der Waals surface area contributed by atoms with E-state index >= 15 is 0 Å². The van der Waals surface area contributed by atoms with Crippen LogP contribution >= 0.6 is 0 Å². The number of alkyl halides is 4. The molecule has 0 bridgehead atoms. The molecule has 0 aliphatic carbocycles. The number of nitrogens with zero attached hydrogens (tertiary/aromatic N) is 2. The predicted octanol–water partition coefficient (Wildman–Crippen LogP) is 0.883. The zero-order valence-corrected chi connectivity index (χ0v) is 10.4. The van der Waals surface area contributed by atoms with Crippen LogP contribution in [-0.2, 0) is 11.3 Å². The lowest BCUT2D eigenvalue weighted by Crippen LogP contribution is -2.32. The van der Waals surface area contributed by atoms with Gasteiger partial charge in [0.2, 0.25) is 0 Å². The molecule has 0 spiro atoms. The Balaban J connectivity index is 2.74. The monoisotopic (exact) mass is 296 g/mol. The summed E-state index contributed by atoms with van der Waals surface area (Å²) in [6.45, 7) is -0.619. The molecule has 1 amide bonds. The second kappa shape index (κ2) is 5.99. The third-order valence-electron chi connectivity index (χ3n) is 2.26. The average Bonchev–Trinajstić information content (AvgIpc) is 2.26. The van der Waals surface area contributed by atoms with E-state index in [1.165, 1.54) is 6.92 Å². The molecule has 0 aliphatic heterocycles. The van der Waals surface area contributed by atoms with Gasteiger partial charge in [0.25, 0.3) is 5.91 Å². The summed E-state index contributed by atoms with van der Waals surface area (Å²) in [7, 11) is 0. The van der Waals surface area contributed by atoms with E-state index in [0.717, 1.165) is 0 Å². The van der Waals surface area contributed by atoms with Gasteiger partial charge in [-0.05, 0) is 6.92 Å². The second-order valence-corrected chi connectivity index (χ2v) is 3.90. The fourth-order valence-corrected chi connectivity index (χ4v) is 1.37. The number of amides is 1. The van der Waals surface area contributed by atoms with Gasteiger partial charge in [-0.15, -0.1) is 0 Å². The lowest BCUT2D eigenvalue weighted by molar-refractivity contribution is -0.168. The van der Waals surface area contributed by atoms with Crippen LogP contribution in [0.25, 0.3) is 0 Å². The first-order chi connectivity index (χ1) is 9.15. The quantitative estimate of drug-likeness (QED) is 0.758. The highest BCUT2D eigenvalue weighted by atomic mass is 19.3. The molecule has 0 fully saturated rings. The van der Waals surface area contributed by atoms with Crippen molar-refractivity contribution in [3.8, 4) is 0 Å². The highest BCUT2D eigenvalue weighted by molar-refractivity contribution is 5.98. The van der Waals surface area contributed by atoms with Crippen molar-refractivity contribution in [2.45, 2.75) is 25.9 Å². The molecular formula is C10H12F4N4O2. The molecule has 0 atom stereocenters. The molecule has 4 N–H and O–H groups in total. The molecule has 1 heterocycles. The topological polar surface area (TPSA) is 104 Å². The van der Waals surface area contributed by atoms with E-state index in [1.54, 1.807) is 0 Å². The third-order valence-corrected chi connectivity index (χ3v) is 2.26. The largest absolute Gasteiger partial charge is 0.383 e. The average molecular weight is 296 g/mol. The number of rotatable bonds is 6. The number of hydrogen-bond donors (Lipinski definition) is 2. The van der Waals surface area contributed by atoms with E-state index in [0.29, 0.717) is 0 Å². The Morgan fingerprint density at radius 1 is 1.40 bits per heavy atom. The van der Waals surface area contributed by atoms with Crippen LogP contribution in [0.2, 0.25) is 0 Å². The molecule has 1 rings (SSSR count). The van der Waals surface area contributed by atoms with Gasteiger partial charge in [-0.3, -0.25) is 4.79 Å². The third kappa shape index (κ3) is 3.76. The molecule has 6 nitrogen and oxygen atoms in total. The maximum Gasteiger partial charge on any atom is 0.330 e. The molecular weight excluding hydrogens is 284 g/mol. The van der Waals surface area contributed by atoms with Crippen LogP contribution in [0.4, 0.5) is 23.4 Å². The van der Waals surface area contributed by atoms with Crippen LogP contribution in [0, 0.1) is 6.92 Å². The first-order valence-corrected chi connectivity index (χ1v) is 5.31. The summed E-state index contributed by atoms with van der Waals surface area (Å²) in [5, 5.41) is 0. The van der Waals surface area contributed by atoms with Crippen molar-refractivity contribution in [1.82, 2.24) is 9.97 Å². The summed E-state index contributed by atoms with van der Waals surface area (Å²) in [4.78, 5) is 18.4. The lowest BCUT2D eigenvalue weighted by atomic mass is 10.2. The minimum absolute atomic E-state index is 0.0911. The van der Waals surface area contributed by atoms with E-state index in [4.69, 9.17) is 11.5 Å². The molecule has 112 valence electrons. The molecule has 0 aliphatic rings. The van der Waals surface area contributed by atoms with Crippen LogP contribution in [0.15, 0.2) is 0 Å².